The van der Waals surface area contributed by atoms with Crippen molar-refractivity contribution in [3.05, 3.63) is 48.2 Å². The molecule has 9 heteroatoms. The molecule has 0 saturated heterocycles. The number of aryl methyl sites for hydroxylation is 1. The molecule has 3 rings (SSSR count). The van der Waals surface area contributed by atoms with Gasteiger partial charge in [0, 0.05) is 6.20 Å². The van der Waals surface area contributed by atoms with E-state index in [1.54, 1.807) is 30.5 Å². The molecule has 118 valence electrons. The van der Waals surface area contributed by atoms with Crippen LogP contribution in [0.5, 0.6) is 0 Å². The van der Waals surface area contributed by atoms with Crippen molar-refractivity contribution in [1.29, 1.82) is 0 Å². The zero-order chi connectivity index (χ0) is 16.4. The molecule has 2 heterocycles. The van der Waals surface area contributed by atoms with Crippen LogP contribution in [0.3, 0.4) is 0 Å². The van der Waals surface area contributed by atoms with E-state index in [4.69, 9.17) is 0 Å². The highest BCUT2D eigenvalue weighted by molar-refractivity contribution is 7.90. The van der Waals surface area contributed by atoms with Crippen LogP contribution < -0.4 is 10.0 Å². The SMILES string of the molecule is Cc1ccc(S(=O)(=O)NC(=O)Nc2[nH]nc3ncccc23)cc1. The molecule has 0 aliphatic rings. The van der Waals surface area contributed by atoms with E-state index >= 15 is 0 Å². The third kappa shape index (κ3) is 3.14. The second kappa shape index (κ2) is 5.69. The lowest BCUT2D eigenvalue weighted by Crippen LogP contribution is -2.34. The first kappa shape index (κ1) is 15.0. The summed E-state index contributed by atoms with van der Waals surface area (Å²) in [5.41, 5.74) is 1.34. The first-order chi connectivity index (χ1) is 11.0. The van der Waals surface area contributed by atoms with Crippen molar-refractivity contribution in [3.63, 3.8) is 0 Å². The Labute approximate surface area is 132 Å². The fourth-order valence-corrected chi connectivity index (χ4v) is 2.89. The number of carbonyl (C=O) groups excluding carboxylic acids is 1. The van der Waals surface area contributed by atoms with E-state index in [0.717, 1.165) is 5.56 Å². The van der Waals surface area contributed by atoms with Gasteiger partial charge in [0.05, 0.1) is 10.3 Å². The molecule has 2 amide bonds. The summed E-state index contributed by atoms with van der Waals surface area (Å²) in [5, 5.41) is 9.50. The Hall–Kier alpha value is -2.94. The number of aromatic nitrogens is 3. The number of fused-ring (bicyclic) bond motifs is 1. The van der Waals surface area contributed by atoms with Gasteiger partial charge in [0.25, 0.3) is 10.0 Å². The lowest BCUT2D eigenvalue weighted by atomic mass is 10.2. The number of aromatic amines is 1. The number of sulfonamides is 1. The van der Waals surface area contributed by atoms with Crippen molar-refractivity contribution in [2.75, 3.05) is 5.32 Å². The number of amides is 2. The van der Waals surface area contributed by atoms with E-state index in [1.807, 2.05) is 11.6 Å². The molecule has 0 radical (unpaired) electrons. The van der Waals surface area contributed by atoms with Crippen LogP contribution in [-0.4, -0.2) is 29.6 Å². The zero-order valence-electron chi connectivity index (χ0n) is 12.1. The van der Waals surface area contributed by atoms with Gasteiger partial charge >= 0.3 is 6.03 Å². The van der Waals surface area contributed by atoms with Gasteiger partial charge in [0.15, 0.2) is 5.65 Å². The summed E-state index contributed by atoms with van der Waals surface area (Å²) in [6.45, 7) is 1.84. The summed E-state index contributed by atoms with van der Waals surface area (Å²) < 4.78 is 26.2. The molecule has 23 heavy (non-hydrogen) atoms. The third-order valence-corrected chi connectivity index (χ3v) is 4.47. The van der Waals surface area contributed by atoms with E-state index in [-0.39, 0.29) is 10.7 Å². The number of H-pyrrole nitrogens is 1. The molecule has 0 unspecified atom stereocenters. The van der Waals surface area contributed by atoms with Crippen LogP contribution in [0.15, 0.2) is 47.5 Å². The number of hydrogen-bond donors (Lipinski definition) is 3. The van der Waals surface area contributed by atoms with Crippen LogP contribution in [0.25, 0.3) is 11.0 Å². The van der Waals surface area contributed by atoms with Crippen LogP contribution in [0.1, 0.15) is 5.56 Å². The number of nitrogens with zero attached hydrogens (tertiary/aromatic N) is 2. The topological polar surface area (TPSA) is 117 Å². The van der Waals surface area contributed by atoms with Crippen molar-refractivity contribution in [2.45, 2.75) is 11.8 Å². The maximum absolute atomic E-state index is 12.1. The molecule has 0 aliphatic carbocycles. The van der Waals surface area contributed by atoms with Crippen molar-refractivity contribution < 1.29 is 13.2 Å². The quantitative estimate of drug-likeness (QED) is 0.676. The van der Waals surface area contributed by atoms with Crippen molar-refractivity contribution in [1.82, 2.24) is 19.9 Å². The van der Waals surface area contributed by atoms with E-state index in [0.29, 0.717) is 11.0 Å². The summed E-state index contributed by atoms with van der Waals surface area (Å²) >= 11 is 0. The zero-order valence-corrected chi connectivity index (χ0v) is 12.9. The average molecular weight is 331 g/mol. The molecule has 0 atom stereocenters. The normalized spacial score (nSPS) is 11.3. The highest BCUT2D eigenvalue weighted by atomic mass is 32.2. The molecule has 0 aliphatic heterocycles. The van der Waals surface area contributed by atoms with E-state index < -0.39 is 16.1 Å². The molecule has 8 nitrogen and oxygen atoms in total. The van der Waals surface area contributed by atoms with Gasteiger partial charge in [-0.15, -0.1) is 0 Å². The summed E-state index contributed by atoms with van der Waals surface area (Å²) in [4.78, 5) is 16.0. The Morgan fingerprint density at radius 2 is 1.91 bits per heavy atom. The number of carbonyl (C=O) groups is 1. The first-order valence-electron chi connectivity index (χ1n) is 6.65. The molecule has 1 aromatic carbocycles. The van der Waals surface area contributed by atoms with Crippen LogP contribution in [-0.2, 0) is 10.0 Å². The second-order valence-electron chi connectivity index (χ2n) is 4.85. The number of nitrogens with one attached hydrogen (secondary N) is 3. The maximum Gasteiger partial charge on any atom is 0.334 e. The fraction of sp³-hybridized carbons (Fsp3) is 0.0714. The Morgan fingerprint density at radius 3 is 2.65 bits per heavy atom. The smallest absolute Gasteiger partial charge is 0.291 e. The number of hydrogen-bond acceptors (Lipinski definition) is 5. The van der Waals surface area contributed by atoms with Gasteiger partial charge in [-0.3, -0.25) is 10.4 Å². The molecule has 0 saturated carbocycles. The lowest BCUT2D eigenvalue weighted by Gasteiger charge is -2.08. The minimum atomic E-state index is -3.94. The number of rotatable bonds is 3. The summed E-state index contributed by atoms with van der Waals surface area (Å²) in [6, 6.07) is 8.67. The molecule has 0 spiro atoms. The molecule has 2 aromatic heterocycles. The van der Waals surface area contributed by atoms with Gasteiger partial charge in [-0.25, -0.2) is 22.9 Å². The Kier molecular flexibility index (Phi) is 3.70. The molecular weight excluding hydrogens is 318 g/mol. The Bertz CT molecular complexity index is 964. The molecule has 0 fully saturated rings. The number of anilines is 1. The monoisotopic (exact) mass is 331 g/mol. The summed E-state index contributed by atoms with van der Waals surface area (Å²) in [7, 11) is -3.94. The van der Waals surface area contributed by atoms with E-state index in [2.05, 4.69) is 20.5 Å². The van der Waals surface area contributed by atoms with Crippen LogP contribution >= 0.6 is 0 Å². The van der Waals surface area contributed by atoms with E-state index in [9.17, 15) is 13.2 Å². The average Bonchev–Trinajstić information content (AvgIpc) is 2.90. The van der Waals surface area contributed by atoms with Gasteiger partial charge < -0.3 is 0 Å². The van der Waals surface area contributed by atoms with E-state index in [1.165, 1.54) is 12.1 Å². The number of pyridine rings is 1. The Balaban J connectivity index is 1.77. The number of urea groups is 1. The third-order valence-electron chi connectivity index (χ3n) is 3.13. The highest BCUT2D eigenvalue weighted by Gasteiger charge is 2.18. The predicted molar refractivity (Wildman–Crippen MR) is 84.4 cm³/mol. The maximum atomic E-state index is 12.1. The second-order valence-corrected chi connectivity index (χ2v) is 6.53. The van der Waals surface area contributed by atoms with Crippen molar-refractivity contribution in [3.8, 4) is 0 Å². The van der Waals surface area contributed by atoms with Crippen LogP contribution in [0, 0.1) is 6.92 Å². The van der Waals surface area contributed by atoms with Crippen molar-refractivity contribution >= 4 is 32.9 Å². The minimum Gasteiger partial charge on any atom is -0.291 e. The summed E-state index contributed by atoms with van der Waals surface area (Å²) in [6.07, 6.45) is 1.56. The molecule has 3 aromatic rings. The first-order valence-corrected chi connectivity index (χ1v) is 8.13. The Morgan fingerprint density at radius 1 is 1.17 bits per heavy atom. The molecule has 3 N–H and O–H groups in total. The van der Waals surface area contributed by atoms with Crippen LogP contribution in [0.4, 0.5) is 10.6 Å². The largest absolute Gasteiger partial charge is 0.334 e. The van der Waals surface area contributed by atoms with Gasteiger partial charge in [0.2, 0.25) is 0 Å². The highest BCUT2D eigenvalue weighted by Crippen LogP contribution is 2.17. The van der Waals surface area contributed by atoms with Gasteiger partial charge in [0.1, 0.15) is 5.82 Å². The fourth-order valence-electron chi connectivity index (χ4n) is 1.98. The minimum absolute atomic E-state index is 0.00869. The standard InChI is InChI=1S/C14H13N5O3S/c1-9-4-6-10(7-5-9)23(21,22)19-14(20)16-13-11-3-2-8-15-12(11)17-18-13/h2-8H,1H3,(H3,15,16,17,18,19,20). The molecule has 0 bridgehead atoms. The predicted octanol–water partition coefficient (Wildman–Crippen LogP) is 1.78. The van der Waals surface area contributed by atoms with Gasteiger partial charge in [-0.1, -0.05) is 17.7 Å². The van der Waals surface area contributed by atoms with Crippen molar-refractivity contribution in [2.24, 2.45) is 0 Å². The van der Waals surface area contributed by atoms with Gasteiger partial charge in [-0.05, 0) is 31.2 Å². The van der Waals surface area contributed by atoms with Gasteiger partial charge in [-0.2, -0.15) is 5.10 Å². The molecular formula is C14H13N5O3S. The lowest BCUT2D eigenvalue weighted by molar-refractivity contribution is 0.256. The van der Waals surface area contributed by atoms with Crippen LogP contribution in [0.2, 0.25) is 0 Å². The summed E-state index contributed by atoms with van der Waals surface area (Å²) in [5.74, 6) is 0.268. The number of benzene rings is 1.